The monoisotopic (exact) mass is 325 g/mol. The third-order valence-corrected chi connectivity index (χ3v) is 4.06. The third kappa shape index (κ3) is 3.64. The van der Waals surface area contributed by atoms with Gasteiger partial charge in [-0.3, -0.25) is 14.4 Å². The second kappa shape index (κ2) is 6.72. The summed E-state index contributed by atoms with van der Waals surface area (Å²) >= 11 is 0. The van der Waals surface area contributed by atoms with Crippen molar-refractivity contribution in [2.45, 2.75) is 46.1 Å². The van der Waals surface area contributed by atoms with Crippen LogP contribution in [0.3, 0.4) is 0 Å². The minimum Gasteiger partial charge on any atom is -0.467 e. The van der Waals surface area contributed by atoms with Crippen molar-refractivity contribution in [1.29, 1.82) is 0 Å². The number of ketones is 2. The third-order valence-electron chi connectivity index (χ3n) is 4.06. The molecule has 1 rings (SSSR count). The molecule has 0 amide bonds. The van der Waals surface area contributed by atoms with Crippen molar-refractivity contribution in [3.63, 3.8) is 0 Å². The number of Topliss-reactive ketones (excluding diaryl/α,β-unsaturated/α-hetero) is 2. The lowest BCUT2D eigenvalue weighted by atomic mass is 9.82. The molecule has 8 heteroatoms. The number of esters is 1. The molecule has 1 aliphatic rings. The first-order valence-corrected chi connectivity index (χ1v) is 6.93. The zero-order valence-corrected chi connectivity index (χ0v) is 13.7. The van der Waals surface area contributed by atoms with Gasteiger partial charge in [-0.2, -0.15) is 0 Å². The largest absolute Gasteiger partial charge is 0.467 e. The highest BCUT2D eigenvalue weighted by Gasteiger charge is 2.40. The predicted octanol–water partition coefficient (Wildman–Crippen LogP) is 1.71. The van der Waals surface area contributed by atoms with E-state index in [1.54, 1.807) is 13.8 Å². The van der Waals surface area contributed by atoms with Crippen LogP contribution in [0.5, 0.6) is 0 Å². The molecule has 0 bridgehead atoms. The van der Waals surface area contributed by atoms with Gasteiger partial charge in [0.25, 0.3) is 5.09 Å². The van der Waals surface area contributed by atoms with Crippen LogP contribution in [0.25, 0.3) is 0 Å². The summed E-state index contributed by atoms with van der Waals surface area (Å²) < 4.78 is 4.52. The Kier molecular flexibility index (Phi) is 5.42. The Morgan fingerprint density at radius 3 is 2.13 bits per heavy atom. The van der Waals surface area contributed by atoms with Gasteiger partial charge < -0.3 is 4.74 Å². The topological polar surface area (TPSA) is 113 Å². The molecule has 0 aromatic carbocycles. The van der Waals surface area contributed by atoms with Crippen molar-refractivity contribution in [3.05, 3.63) is 32.4 Å². The number of methoxy groups -OCH3 is 1. The van der Waals surface area contributed by atoms with Gasteiger partial charge in [-0.05, 0) is 40.5 Å². The summed E-state index contributed by atoms with van der Waals surface area (Å²) in [4.78, 5) is 51.2. The van der Waals surface area contributed by atoms with Gasteiger partial charge in [0.2, 0.25) is 5.60 Å². The predicted molar refractivity (Wildman–Crippen MR) is 78.8 cm³/mol. The van der Waals surface area contributed by atoms with E-state index in [1.165, 1.54) is 13.8 Å². The van der Waals surface area contributed by atoms with Crippen LogP contribution in [0.1, 0.15) is 40.5 Å². The van der Waals surface area contributed by atoms with Gasteiger partial charge in [-0.15, -0.1) is 10.1 Å². The number of carbonyl (C=O) groups excluding carboxylic acids is 3. The first kappa shape index (κ1) is 18.5. The van der Waals surface area contributed by atoms with Gasteiger partial charge in [-0.25, -0.2) is 4.79 Å². The van der Waals surface area contributed by atoms with E-state index in [2.05, 4.69) is 9.57 Å². The second-order valence-corrected chi connectivity index (χ2v) is 5.55. The Bertz CT molecular complexity index is 644. The van der Waals surface area contributed by atoms with E-state index >= 15 is 0 Å². The Morgan fingerprint density at radius 2 is 1.65 bits per heavy atom. The minimum absolute atomic E-state index is 0.0134. The lowest BCUT2D eigenvalue weighted by Gasteiger charge is -2.25. The van der Waals surface area contributed by atoms with Crippen LogP contribution < -0.4 is 0 Å². The van der Waals surface area contributed by atoms with Crippen LogP contribution in [0.4, 0.5) is 0 Å². The molecule has 8 nitrogen and oxygen atoms in total. The summed E-state index contributed by atoms with van der Waals surface area (Å²) in [6.45, 7) is 5.86. The summed E-state index contributed by atoms with van der Waals surface area (Å²) in [6, 6.07) is 0. The van der Waals surface area contributed by atoms with Crippen molar-refractivity contribution in [2.24, 2.45) is 0 Å². The van der Waals surface area contributed by atoms with E-state index in [9.17, 15) is 24.5 Å². The smallest absolute Gasteiger partial charge is 0.337 e. The van der Waals surface area contributed by atoms with Gasteiger partial charge in [0.15, 0.2) is 11.6 Å². The zero-order chi connectivity index (χ0) is 17.9. The fourth-order valence-corrected chi connectivity index (χ4v) is 2.39. The van der Waals surface area contributed by atoms with E-state index in [0.717, 1.165) is 7.11 Å². The molecule has 1 unspecified atom stereocenters. The van der Waals surface area contributed by atoms with E-state index in [1.807, 2.05) is 0 Å². The first-order valence-electron chi connectivity index (χ1n) is 6.93. The van der Waals surface area contributed by atoms with Crippen molar-refractivity contribution in [1.82, 2.24) is 0 Å². The number of hydrogen-bond donors (Lipinski definition) is 0. The van der Waals surface area contributed by atoms with E-state index in [0.29, 0.717) is 11.1 Å². The Balaban J connectivity index is 3.06. The molecule has 0 radical (unpaired) electrons. The average molecular weight is 325 g/mol. The maximum Gasteiger partial charge on any atom is 0.337 e. The normalized spacial score (nSPS) is 18.0. The molecule has 0 N–H and O–H groups in total. The lowest BCUT2D eigenvalue weighted by molar-refractivity contribution is -0.776. The number of rotatable bonds is 6. The Hall–Kier alpha value is -2.51. The highest BCUT2D eigenvalue weighted by molar-refractivity contribution is 6.24. The number of allylic oxidation sites excluding steroid dienone is 4. The summed E-state index contributed by atoms with van der Waals surface area (Å²) in [5.41, 5.74) is -0.607. The maximum atomic E-state index is 12.3. The summed E-state index contributed by atoms with van der Waals surface area (Å²) in [5, 5.41) is 9.52. The fraction of sp³-hybridized carbons (Fsp3) is 0.533. The van der Waals surface area contributed by atoms with Gasteiger partial charge in [0.1, 0.15) is 0 Å². The second-order valence-electron chi connectivity index (χ2n) is 5.55. The highest BCUT2D eigenvalue weighted by Crippen LogP contribution is 2.30. The molecule has 23 heavy (non-hydrogen) atoms. The Labute approximate surface area is 133 Å². The van der Waals surface area contributed by atoms with Crippen molar-refractivity contribution >= 4 is 17.5 Å². The number of hydrogen-bond acceptors (Lipinski definition) is 7. The van der Waals surface area contributed by atoms with Crippen LogP contribution in [-0.2, 0) is 24.0 Å². The molecule has 0 saturated heterocycles. The molecule has 0 heterocycles. The molecular formula is C15H19NO7. The molecule has 0 aromatic rings. The first-order chi connectivity index (χ1) is 10.5. The lowest BCUT2D eigenvalue weighted by Crippen LogP contribution is -2.41. The van der Waals surface area contributed by atoms with Crippen LogP contribution in [0.15, 0.2) is 22.3 Å². The van der Waals surface area contributed by atoms with Crippen LogP contribution in [0.2, 0.25) is 0 Å². The Morgan fingerprint density at radius 1 is 1.13 bits per heavy atom. The van der Waals surface area contributed by atoms with Crippen molar-refractivity contribution in [3.8, 4) is 0 Å². The van der Waals surface area contributed by atoms with E-state index in [4.69, 9.17) is 0 Å². The zero-order valence-electron chi connectivity index (χ0n) is 13.7. The fourth-order valence-electron chi connectivity index (χ4n) is 2.39. The molecular weight excluding hydrogens is 306 g/mol. The molecule has 0 spiro atoms. The molecule has 0 fully saturated rings. The molecule has 0 saturated carbocycles. The van der Waals surface area contributed by atoms with Gasteiger partial charge >= 0.3 is 5.97 Å². The van der Waals surface area contributed by atoms with Crippen LogP contribution >= 0.6 is 0 Å². The van der Waals surface area contributed by atoms with E-state index < -0.39 is 16.7 Å². The number of nitrogens with zero attached hydrogens (tertiary/aromatic N) is 1. The van der Waals surface area contributed by atoms with Crippen molar-refractivity contribution in [2.75, 3.05) is 7.11 Å². The summed E-state index contributed by atoms with van der Waals surface area (Å²) in [6.07, 6.45) is -0.181. The SMILES string of the molecule is COC(=O)C(C)(CCC1=C(C)C(=O)C(C)=C(C)C1=O)O[N+](=O)[O-]. The number of ether oxygens (including phenoxy) is 1. The van der Waals surface area contributed by atoms with Crippen LogP contribution in [0, 0.1) is 10.1 Å². The summed E-state index contributed by atoms with van der Waals surface area (Å²) in [7, 11) is 1.08. The number of carbonyl (C=O) groups is 3. The van der Waals surface area contributed by atoms with Crippen molar-refractivity contribution < 1.29 is 29.0 Å². The van der Waals surface area contributed by atoms with Gasteiger partial charge in [-0.1, -0.05) is 0 Å². The van der Waals surface area contributed by atoms with Crippen LogP contribution in [-0.4, -0.2) is 35.3 Å². The highest BCUT2D eigenvalue weighted by atomic mass is 17.0. The molecule has 0 aliphatic heterocycles. The van der Waals surface area contributed by atoms with Gasteiger partial charge in [0.05, 0.1) is 7.11 Å². The molecule has 0 aromatic heterocycles. The van der Waals surface area contributed by atoms with E-state index in [-0.39, 0.29) is 35.6 Å². The van der Waals surface area contributed by atoms with Gasteiger partial charge in [0, 0.05) is 22.3 Å². The minimum atomic E-state index is -1.85. The average Bonchev–Trinajstić information content (AvgIpc) is 2.49. The maximum absolute atomic E-state index is 12.3. The molecule has 1 aliphatic carbocycles. The quantitative estimate of drug-likeness (QED) is 0.316. The molecule has 126 valence electrons. The molecule has 1 atom stereocenters. The standard InChI is InChI=1S/C15H19NO7/c1-8-9(2)13(18)11(10(3)12(8)17)6-7-15(4,14(19)22-5)23-16(20)21/h6-7H2,1-5H3. The summed E-state index contributed by atoms with van der Waals surface area (Å²) in [5.74, 6) is -1.47.